The van der Waals surface area contributed by atoms with Gasteiger partial charge < -0.3 is 19.5 Å². The summed E-state index contributed by atoms with van der Waals surface area (Å²) in [4.78, 5) is 30.0. The second-order valence-corrected chi connectivity index (χ2v) is 9.00. The number of hydrogen-bond donors (Lipinski definition) is 1. The molecule has 0 radical (unpaired) electrons. The van der Waals surface area contributed by atoms with Gasteiger partial charge in [-0.1, -0.05) is 28.1 Å². The summed E-state index contributed by atoms with van der Waals surface area (Å²) in [5.41, 5.74) is 1.35. The fraction of sp³-hybridized carbons (Fsp3) is 0.360. The fourth-order valence-electron chi connectivity index (χ4n) is 4.30. The SMILES string of the molecule is COc1ccc(C(O)=C2C(=O)C(=O)N(CCCN3CCOCC3)[C@H]2c2ccc(Br)cc2)cc1. The summed E-state index contributed by atoms with van der Waals surface area (Å²) in [7, 11) is 1.56. The lowest BCUT2D eigenvalue weighted by Gasteiger charge is -2.29. The molecule has 174 valence electrons. The number of likely N-dealkylation sites (tertiary alicyclic amines) is 1. The molecule has 0 bridgehead atoms. The van der Waals surface area contributed by atoms with Crippen molar-refractivity contribution in [2.75, 3.05) is 46.5 Å². The van der Waals surface area contributed by atoms with Gasteiger partial charge in [-0.05, 0) is 48.4 Å². The minimum absolute atomic E-state index is 0.110. The first kappa shape index (κ1) is 23.5. The zero-order valence-corrected chi connectivity index (χ0v) is 20.1. The van der Waals surface area contributed by atoms with Crippen molar-refractivity contribution in [3.63, 3.8) is 0 Å². The molecule has 33 heavy (non-hydrogen) atoms. The van der Waals surface area contributed by atoms with Gasteiger partial charge in [0.05, 0.1) is 31.9 Å². The van der Waals surface area contributed by atoms with E-state index in [1.807, 2.05) is 24.3 Å². The number of rotatable bonds is 7. The summed E-state index contributed by atoms with van der Waals surface area (Å²) in [5, 5.41) is 11.1. The Hall–Kier alpha value is -2.68. The topological polar surface area (TPSA) is 79.3 Å². The average molecular weight is 515 g/mol. The van der Waals surface area contributed by atoms with Crippen molar-refractivity contribution in [3.05, 3.63) is 69.7 Å². The first-order valence-corrected chi connectivity index (χ1v) is 11.8. The molecule has 2 aromatic rings. The van der Waals surface area contributed by atoms with Crippen LogP contribution in [-0.2, 0) is 14.3 Å². The summed E-state index contributed by atoms with van der Waals surface area (Å²) in [5.74, 6) is -0.790. The molecule has 4 rings (SSSR count). The van der Waals surface area contributed by atoms with E-state index in [0.717, 1.165) is 36.1 Å². The Bertz CT molecular complexity index is 1030. The fourth-order valence-corrected chi connectivity index (χ4v) is 4.56. The normalized spacial score (nSPS) is 20.9. The number of ketones is 1. The van der Waals surface area contributed by atoms with Gasteiger partial charge in [0.1, 0.15) is 11.5 Å². The van der Waals surface area contributed by atoms with E-state index in [9.17, 15) is 14.7 Å². The summed E-state index contributed by atoms with van der Waals surface area (Å²) in [6, 6.07) is 13.6. The zero-order valence-electron chi connectivity index (χ0n) is 18.5. The summed E-state index contributed by atoms with van der Waals surface area (Å²) in [6.45, 7) is 4.40. The van der Waals surface area contributed by atoms with Gasteiger partial charge in [0.25, 0.3) is 11.7 Å². The number of carbonyl (C=O) groups is 2. The van der Waals surface area contributed by atoms with Crippen LogP contribution in [0.15, 0.2) is 58.6 Å². The first-order valence-electron chi connectivity index (χ1n) is 11.0. The van der Waals surface area contributed by atoms with Crippen LogP contribution in [0.5, 0.6) is 5.75 Å². The van der Waals surface area contributed by atoms with E-state index < -0.39 is 17.7 Å². The number of morpholine rings is 1. The lowest BCUT2D eigenvalue weighted by Crippen LogP contribution is -2.38. The third kappa shape index (κ3) is 5.13. The van der Waals surface area contributed by atoms with E-state index in [1.165, 1.54) is 0 Å². The number of nitrogens with zero attached hydrogens (tertiary/aromatic N) is 2. The van der Waals surface area contributed by atoms with Gasteiger partial charge in [0, 0.05) is 36.2 Å². The van der Waals surface area contributed by atoms with E-state index in [1.54, 1.807) is 36.3 Å². The third-order valence-electron chi connectivity index (χ3n) is 6.07. The standard InChI is InChI=1S/C25H27BrN2O5/c1-32-20-9-5-18(6-10-20)23(29)21-22(17-3-7-19(26)8-4-17)28(25(31)24(21)30)12-2-11-27-13-15-33-16-14-27/h3-10,22,29H,2,11-16H2,1H3/t22-/m0/s1. The molecule has 1 N–H and O–H groups in total. The van der Waals surface area contributed by atoms with Gasteiger partial charge in [-0.3, -0.25) is 14.5 Å². The lowest BCUT2D eigenvalue weighted by atomic mass is 9.95. The van der Waals surface area contributed by atoms with Crippen molar-refractivity contribution in [1.82, 2.24) is 9.80 Å². The van der Waals surface area contributed by atoms with Crippen LogP contribution in [0.25, 0.3) is 5.76 Å². The number of hydrogen-bond acceptors (Lipinski definition) is 6. The number of halogens is 1. The molecule has 8 heteroatoms. The van der Waals surface area contributed by atoms with Crippen molar-refractivity contribution >= 4 is 33.4 Å². The van der Waals surface area contributed by atoms with Crippen LogP contribution in [0, 0.1) is 0 Å². The van der Waals surface area contributed by atoms with Crippen molar-refractivity contribution in [2.45, 2.75) is 12.5 Å². The van der Waals surface area contributed by atoms with Gasteiger partial charge in [-0.15, -0.1) is 0 Å². The van der Waals surface area contributed by atoms with Gasteiger partial charge in [-0.25, -0.2) is 0 Å². The number of Topliss-reactive ketones (excluding diaryl/α,β-unsaturated/α-hetero) is 1. The average Bonchev–Trinajstić information content (AvgIpc) is 3.10. The highest BCUT2D eigenvalue weighted by Crippen LogP contribution is 2.40. The maximum atomic E-state index is 13.1. The molecule has 2 saturated heterocycles. The molecule has 1 atom stereocenters. The largest absolute Gasteiger partial charge is 0.507 e. The number of amides is 1. The van der Waals surface area contributed by atoms with Crippen LogP contribution in [0.1, 0.15) is 23.6 Å². The molecule has 0 unspecified atom stereocenters. The van der Waals surface area contributed by atoms with Crippen LogP contribution >= 0.6 is 15.9 Å². The number of methoxy groups -OCH3 is 1. The highest BCUT2D eigenvalue weighted by atomic mass is 79.9. The van der Waals surface area contributed by atoms with E-state index in [-0.39, 0.29) is 11.3 Å². The van der Waals surface area contributed by atoms with Crippen molar-refractivity contribution < 1.29 is 24.2 Å². The molecule has 2 aliphatic heterocycles. The van der Waals surface area contributed by atoms with Gasteiger partial charge >= 0.3 is 0 Å². The lowest BCUT2D eigenvalue weighted by molar-refractivity contribution is -0.140. The molecule has 0 aromatic heterocycles. The number of ether oxygens (including phenoxy) is 2. The second kappa shape index (κ2) is 10.5. The molecule has 0 saturated carbocycles. The van der Waals surface area contributed by atoms with Crippen LogP contribution in [-0.4, -0.2) is 73.1 Å². The van der Waals surface area contributed by atoms with E-state index >= 15 is 0 Å². The van der Waals surface area contributed by atoms with Gasteiger partial charge in [0.2, 0.25) is 0 Å². The number of aliphatic hydroxyl groups is 1. The monoisotopic (exact) mass is 514 g/mol. The van der Waals surface area contributed by atoms with E-state index in [4.69, 9.17) is 9.47 Å². The van der Waals surface area contributed by atoms with Crippen molar-refractivity contribution in [3.8, 4) is 5.75 Å². The maximum absolute atomic E-state index is 13.1. The smallest absolute Gasteiger partial charge is 0.295 e. The number of carbonyl (C=O) groups excluding carboxylic acids is 2. The van der Waals surface area contributed by atoms with Gasteiger partial charge in [-0.2, -0.15) is 0 Å². The molecule has 0 spiro atoms. The summed E-state index contributed by atoms with van der Waals surface area (Å²) in [6.07, 6.45) is 0.725. The van der Waals surface area contributed by atoms with Crippen LogP contribution < -0.4 is 4.74 Å². The number of benzene rings is 2. The van der Waals surface area contributed by atoms with E-state index in [2.05, 4.69) is 20.8 Å². The zero-order chi connectivity index (χ0) is 23.4. The van der Waals surface area contributed by atoms with Crippen LogP contribution in [0.3, 0.4) is 0 Å². The van der Waals surface area contributed by atoms with Crippen molar-refractivity contribution in [2.24, 2.45) is 0 Å². The Morgan fingerprint density at radius 3 is 2.36 bits per heavy atom. The van der Waals surface area contributed by atoms with Crippen molar-refractivity contribution in [1.29, 1.82) is 0 Å². The second-order valence-electron chi connectivity index (χ2n) is 8.08. The Labute approximate surface area is 201 Å². The molecule has 1 amide bonds. The first-order chi connectivity index (χ1) is 16.0. The molecule has 2 heterocycles. The quantitative estimate of drug-likeness (QED) is 0.345. The minimum atomic E-state index is -0.664. The molecule has 2 aliphatic rings. The maximum Gasteiger partial charge on any atom is 0.295 e. The predicted molar refractivity (Wildman–Crippen MR) is 128 cm³/mol. The molecule has 0 aliphatic carbocycles. The molecule has 2 fully saturated rings. The molecular weight excluding hydrogens is 488 g/mol. The Balaban J connectivity index is 1.65. The third-order valence-corrected chi connectivity index (χ3v) is 6.59. The Morgan fingerprint density at radius 1 is 1.06 bits per heavy atom. The summed E-state index contributed by atoms with van der Waals surface area (Å²) >= 11 is 3.44. The highest BCUT2D eigenvalue weighted by molar-refractivity contribution is 9.10. The number of aliphatic hydroxyl groups excluding tert-OH is 1. The predicted octanol–water partition coefficient (Wildman–Crippen LogP) is 3.60. The van der Waals surface area contributed by atoms with Gasteiger partial charge in [0.15, 0.2) is 0 Å². The van der Waals surface area contributed by atoms with E-state index in [0.29, 0.717) is 31.1 Å². The Morgan fingerprint density at radius 2 is 1.73 bits per heavy atom. The molecular formula is C25H27BrN2O5. The molecule has 2 aromatic carbocycles. The minimum Gasteiger partial charge on any atom is -0.507 e. The Kier molecular flexibility index (Phi) is 7.47. The van der Waals surface area contributed by atoms with Crippen LogP contribution in [0.4, 0.5) is 0 Å². The molecule has 7 nitrogen and oxygen atoms in total. The highest BCUT2D eigenvalue weighted by Gasteiger charge is 2.45. The van der Waals surface area contributed by atoms with Crippen LogP contribution in [0.2, 0.25) is 0 Å². The summed E-state index contributed by atoms with van der Waals surface area (Å²) < 4.78 is 11.5.